The number of nitrogens with two attached hydrogens (primary N) is 1. The summed E-state index contributed by atoms with van der Waals surface area (Å²) in [5.41, 5.74) is 10.1. The average molecular weight is 327 g/mol. The number of anilines is 1. The first-order valence-electron chi connectivity index (χ1n) is 7.75. The van der Waals surface area contributed by atoms with E-state index < -0.39 is 5.97 Å². The topological polar surface area (TPSA) is 63.3 Å². The van der Waals surface area contributed by atoms with Crippen LogP contribution in [0.25, 0.3) is 0 Å². The van der Waals surface area contributed by atoms with E-state index in [0.29, 0.717) is 16.1 Å². The lowest BCUT2D eigenvalue weighted by atomic mass is 9.97. The summed E-state index contributed by atoms with van der Waals surface area (Å²) in [6, 6.07) is 13.6. The molecule has 2 rings (SSSR count). The van der Waals surface area contributed by atoms with E-state index in [4.69, 9.17) is 23.1 Å². The fourth-order valence-electron chi connectivity index (χ4n) is 2.49. The molecule has 4 heteroatoms. The number of aliphatic carboxylic acids is 1. The van der Waals surface area contributed by atoms with Gasteiger partial charge in [-0.1, -0.05) is 68.0 Å². The van der Waals surface area contributed by atoms with Gasteiger partial charge in [0.05, 0.1) is 11.3 Å². The molecule has 3 N–H and O–H groups in total. The van der Waals surface area contributed by atoms with Crippen molar-refractivity contribution in [1.29, 1.82) is 0 Å². The molecule has 23 heavy (non-hydrogen) atoms. The van der Waals surface area contributed by atoms with Crippen LogP contribution in [0.1, 0.15) is 42.0 Å². The molecule has 0 heterocycles. The molecule has 0 aliphatic heterocycles. The number of hydrogen-bond donors (Lipinski definition) is 2. The molecule has 0 radical (unpaired) electrons. The molecule has 3 nitrogen and oxygen atoms in total. The van der Waals surface area contributed by atoms with Crippen molar-refractivity contribution in [2.24, 2.45) is 0 Å². The Kier molecular flexibility index (Phi) is 5.88. The van der Waals surface area contributed by atoms with E-state index in [1.165, 1.54) is 18.4 Å². The number of benzene rings is 2. The number of rotatable bonds is 7. The predicted molar refractivity (Wildman–Crippen MR) is 98.1 cm³/mol. The van der Waals surface area contributed by atoms with Gasteiger partial charge in [0, 0.05) is 11.3 Å². The van der Waals surface area contributed by atoms with E-state index in [1.807, 2.05) is 18.2 Å². The molecule has 2 aromatic rings. The number of aryl methyl sites for hydroxylation is 1. The number of hydrogen-bond acceptors (Lipinski definition) is 3. The van der Waals surface area contributed by atoms with Gasteiger partial charge >= 0.3 is 5.97 Å². The summed E-state index contributed by atoms with van der Waals surface area (Å²) < 4.78 is 0. The number of carboxylic acid groups (broad SMARTS) is 1. The summed E-state index contributed by atoms with van der Waals surface area (Å²) >= 11 is 5.55. The molecule has 0 unspecified atom stereocenters. The first-order chi connectivity index (χ1) is 11.0. The molecule has 0 bridgehead atoms. The summed E-state index contributed by atoms with van der Waals surface area (Å²) in [6.45, 7) is 2.18. The van der Waals surface area contributed by atoms with Gasteiger partial charge in [0.1, 0.15) is 0 Å². The van der Waals surface area contributed by atoms with Crippen LogP contribution in [0, 0.1) is 0 Å². The third-order valence-electron chi connectivity index (χ3n) is 3.82. The van der Waals surface area contributed by atoms with Crippen molar-refractivity contribution in [1.82, 2.24) is 0 Å². The van der Waals surface area contributed by atoms with E-state index >= 15 is 0 Å². The molecule has 120 valence electrons. The van der Waals surface area contributed by atoms with Crippen LogP contribution in [0.5, 0.6) is 0 Å². The quantitative estimate of drug-likeness (QED) is 0.458. The van der Waals surface area contributed by atoms with Gasteiger partial charge in [-0.2, -0.15) is 0 Å². The SMILES string of the molecule is CCCCc1ccc(C(=S)c2cccc(CC(=O)O)c2N)cc1. The Balaban J connectivity index is 2.24. The highest BCUT2D eigenvalue weighted by Crippen LogP contribution is 2.22. The molecule has 2 aromatic carbocycles. The second-order valence-corrected chi connectivity index (χ2v) is 5.99. The fraction of sp³-hybridized carbons (Fsp3) is 0.263. The summed E-state index contributed by atoms with van der Waals surface area (Å²) in [6.07, 6.45) is 3.32. The van der Waals surface area contributed by atoms with Gasteiger partial charge in [-0.15, -0.1) is 0 Å². The van der Waals surface area contributed by atoms with Gasteiger partial charge < -0.3 is 10.8 Å². The van der Waals surface area contributed by atoms with Crippen LogP contribution in [-0.4, -0.2) is 15.9 Å². The van der Waals surface area contributed by atoms with E-state index in [2.05, 4.69) is 19.1 Å². The lowest BCUT2D eigenvalue weighted by Crippen LogP contribution is -2.09. The summed E-state index contributed by atoms with van der Waals surface area (Å²) in [7, 11) is 0. The number of para-hydroxylation sites is 1. The zero-order chi connectivity index (χ0) is 16.8. The molecule has 0 amide bonds. The maximum atomic E-state index is 10.9. The number of unbranched alkanes of at least 4 members (excludes halogenated alkanes) is 1. The van der Waals surface area contributed by atoms with Gasteiger partial charge in [0.25, 0.3) is 0 Å². The first kappa shape index (κ1) is 17.2. The van der Waals surface area contributed by atoms with Crippen molar-refractivity contribution >= 4 is 28.7 Å². The summed E-state index contributed by atoms with van der Waals surface area (Å²) in [5, 5.41) is 8.95. The van der Waals surface area contributed by atoms with Crippen LogP contribution >= 0.6 is 12.2 Å². The molecule has 0 atom stereocenters. The lowest BCUT2D eigenvalue weighted by molar-refractivity contribution is -0.136. The Morgan fingerprint density at radius 2 is 1.87 bits per heavy atom. The van der Waals surface area contributed by atoms with Crippen molar-refractivity contribution in [3.63, 3.8) is 0 Å². The van der Waals surface area contributed by atoms with E-state index in [-0.39, 0.29) is 6.42 Å². The Morgan fingerprint density at radius 3 is 2.48 bits per heavy atom. The van der Waals surface area contributed by atoms with E-state index in [9.17, 15) is 4.79 Å². The van der Waals surface area contributed by atoms with Gasteiger partial charge in [0.15, 0.2) is 0 Å². The first-order valence-corrected chi connectivity index (χ1v) is 8.16. The summed E-state index contributed by atoms with van der Waals surface area (Å²) in [4.78, 5) is 11.6. The van der Waals surface area contributed by atoms with Gasteiger partial charge in [-0.3, -0.25) is 4.79 Å². The highest BCUT2D eigenvalue weighted by Gasteiger charge is 2.13. The predicted octanol–water partition coefficient (Wildman–Crippen LogP) is 4.00. The van der Waals surface area contributed by atoms with E-state index in [1.54, 1.807) is 12.1 Å². The summed E-state index contributed by atoms with van der Waals surface area (Å²) in [5.74, 6) is -0.903. The van der Waals surface area contributed by atoms with Crippen LogP contribution in [0.4, 0.5) is 5.69 Å². The average Bonchev–Trinajstić information content (AvgIpc) is 2.54. The normalized spacial score (nSPS) is 10.5. The van der Waals surface area contributed by atoms with Crippen molar-refractivity contribution < 1.29 is 9.90 Å². The van der Waals surface area contributed by atoms with Crippen molar-refractivity contribution in [3.8, 4) is 0 Å². The standard InChI is InChI=1S/C19H21NO2S/c1-2-3-5-13-8-10-14(11-9-13)19(23)16-7-4-6-15(18(16)20)12-17(21)22/h4,6-11H,2-3,5,12,20H2,1H3,(H,21,22). The van der Waals surface area contributed by atoms with Crippen LogP contribution in [-0.2, 0) is 17.6 Å². The molecule has 0 aliphatic rings. The third kappa shape index (κ3) is 4.39. The van der Waals surface area contributed by atoms with Crippen LogP contribution in [0.3, 0.4) is 0 Å². The number of carbonyl (C=O) groups is 1. The van der Waals surface area contributed by atoms with Crippen LogP contribution in [0.2, 0.25) is 0 Å². The molecular formula is C19H21NO2S. The van der Waals surface area contributed by atoms with Gasteiger partial charge in [-0.25, -0.2) is 0 Å². The van der Waals surface area contributed by atoms with Crippen molar-refractivity contribution in [2.75, 3.05) is 5.73 Å². The molecule has 0 aromatic heterocycles. The number of nitrogen functional groups attached to an aromatic ring is 1. The molecule has 0 spiro atoms. The maximum absolute atomic E-state index is 10.9. The van der Waals surface area contributed by atoms with Crippen LogP contribution in [0.15, 0.2) is 42.5 Å². The van der Waals surface area contributed by atoms with Gasteiger partial charge in [-0.05, 0) is 29.5 Å². The minimum atomic E-state index is -0.903. The number of thiocarbonyl (C=S) groups is 1. The minimum Gasteiger partial charge on any atom is -0.481 e. The van der Waals surface area contributed by atoms with Crippen LogP contribution < -0.4 is 5.73 Å². The Morgan fingerprint density at radius 1 is 1.17 bits per heavy atom. The number of carboxylic acids is 1. The Hall–Kier alpha value is -2.20. The second-order valence-electron chi connectivity index (χ2n) is 5.58. The molecule has 0 fully saturated rings. The Bertz CT molecular complexity index is 708. The zero-order valence-electron chi connectivity index (χ0n) is 13.2. The third-order valence-corrected chi connectivity index (χ3v) is 4.27. The highest BCUT2D eigenvalue weighted by molar-refractivity contribution is 7.81. The second kappa shape index (κ2) is 7.88. The largest absolute Gasteiger partial charge is 0.481 e. The zero-order valence-corrected chi connectivity index (χ0v) is 14.0. The monoisotopic (exact) mass is 327 g/mol. The highest BCUT2D eigenvalue weighted by atomic mass is 32.1. The maximum Gasteiger partial charge on any atom is 0.307 e. The van der Waals surface area contributed by atoms with E-state index in [0.717, 1.165) is 17.5 Å². The molecule has 0 aliphatic carbocycles. The smallest absolute Gasteiger partial charge is 0.307 e. The minimum absolute atomic E-state index is 0.0990. The van der Waals surface area contributed by atoms with Crippen molar-refractivity contribution in [3.05, 3.63) is 64.7 Å². The Labute approximate surface area is 142 Å². The molecular weight excluding hydrogens is 306 g/mol. The lowest BCUT2D eigenvalue weighted by Gasteiger charge is -2.12. The molecule has 0 saturated heterocycles. The van der Waals surface area contributed by atoms with Crippen molar-refractivity contribution in [2.45, 2.75) is 32.6 Å². The fourth-order valence-corrected chi connectivity index (χ4v) is 2.80. The molecule has 0 saturated carbocycles. The van der Waals surface area contributed by atoms with Gasteiger partial charge in [0.2, 0.25) is 0 Å².